The second kappa shape index (κ2) is 5.78. The van der Waals surface area contributed by atoms with Gasteiger partial charge in [-0.05, 0) is 36.2 Å². The predicted octanol–water partition coefficient (Wildman–Crippen LogP) is 1.54. The highest BCUT2D eigenvalue weighted by Crippen LogP contribution is 2.36. The third kappa shape index (κ3) is 2.95. The molecule has 1 N–H and O–H groups in total. The number of nitrogens with zero attached hydrogens (tertiary/aromatic N) is 1. The molecule has 10 heteroatoms. The summed E-state index contributed by atoms with van der Waals surface area (Å²) in [6.45, 7) is 0.408. The number of nitrogens with one attached hydrogen (secondary N) is 1. The standard InChI is InChI=1S/C16H16N2O6S2/c1-25(19,20)18-7-6-11-2-3-12(8-14(11)18)17-26(21,22)13-4-5-15-16(9-13)24-10-23-15/h2-5,8-9,17H,6-7,10H2,1H3. The summed E-state index contributed by atoms with van der Waals surface area (Å²) >= 11 is 0. The van der Waals surface area contributed by atoms with E-state index >= 15 is 0 Å². The second-order valence-electron chi connectivity index (χ2n) is 6.05. The van der Waals surface area contributed by atoms with Crippen LogP contribution in [0.25, 0.3) is 0 Å². The van der Waals surface area contributed by atoms with Gasteiger partial charge in [-0.3, -0.25) is 9.03 Å². The van der Waals surface area contributed by atoms with Gasteiger partial charge in [-0.2, -0.15) is 0 Å². The van der Waals surface area contributed by atoms with Crippen LogP contribution in [-0.4, -0.2) is 36.4 Å². The van der Waals surface area contributed by atoms with Crippen LogP contribution in [0.1, 0.15) is 5.56 Å². The van der Waals surface area contributed by atoms with E-state index in [0.29, 0.717) is 30.2 Å². The molecule has 138 valence electrons. The van der Waals surface area contributed by atoms with E-state index in [9.17, 15) is 16.8 Å². The maximum Gasteiger partial charge on any atom is 0.262 e. The number of fused-ring (bicyclic) bond motifs is 2. The van der Waals surface area contributed by atoms with E-state index in [4.69, 9.17) is 9.47 Å². The maximum atomic E-state index is 12.6. The Bertz CT molecular complexity index is 1100. The molecule has 2 aliphatic heterocycles. The molecule has 0 spiro atoms. The highest BCUT2D eigenvalue weighted by Gasteiger charge is 2.27. The minimum atomic E-state index is -3.86. The average Bonchev–Trinajstić information content (AvgIpc) is 3.19. The Morgan fingerprint density at radius 3 is 2.54 bits per heavy atom. The van der Waals surface area contributed by atoms with E-state index < -0.39 is 20.0 Å². The highest BCUT2D eigenvalue weighted by molar-refractivity contribution is 7.92. The summed E-state index contributed by atoms with van der Waals surface area (Å²) in [6.07, 6.45) is 1.73. The van der Waals surface area contributed by atoms with Crippen molar-refractivity contribution >= 4 is 31.4 Å². The Morgan fingerprint density at radius 2 is 1.77 bits per heavy atom. The third-order valence-corrected chi connectivity index (χ3v) is 6.80. The topological polar surface area (TPSA) is 102 Å². The predicted molar refractivity (Wildman–Crippen MR) is 95.7 cm³/mol. The van der Waals surface area contributed by atoms with Gasteiger partial charge in [0.15, 0.2) is 11.5 Å². The van der Waals surface area contributed by atoms with Crippen molar-refractivity contribution < 1.29 is 26.3 Å². The molecule has 8 nitrogen and oxygen atoms in total. The first kappa shape index (κ1) is 17.0. The minimum Gasteiger partial charge on any atom is -0.454 e. The molecule has 0 amide bonds. The van der Waals surface area contributed by atoms with Crippen molar-refractivity contribution in [3.8, 4) is 11.5 Å². The molecular formula is C16H16N2O6S2. The first-order chi connectivity index (χ1) is 12.2. The summed E-state index contributed by atoms with van der Waals surface area (Å²) in [5, 5.41) is 0. The Labute approximate surface area is 151 Å². The quantitative estimate of drug-likeness (QED) is 0.841. The van der Waals surface area contributed by atoms with E-state index in [1.54, 1.807) is 12.1 Å². The van der Waals surface area contributed by atoms with Crippen LogP contribution in [0.5, 0.6) is 11.5 Å². The molecule has 0 atom stereocenters. The molecule has 2 heterocycles. The number of benzene rings is 2. The van der Waals surface area contributed by atoms with Gasteiger partial charge >= 0.3 is 0 Å². The summed E-state index contributed by atoms with van der Waals surface area (Å²) in [6, 6.07) is 9.24. The normalized spacial score (nSPS) is 15.8. The van der Waals surface area contributed by atoms with Gasteiger partial charge in [-0.15, -0.1) is 0 Å². The van der Waals surface area contributed by atoms with E-state index in [1.165, 1.54) is 28.6 Å². The van der Waals surface area contributed by atoms with Crippen LogP contribution < -0.4 is 18.5 Å². The van der Waals surface area contributed by atoms with Crippen LogP contribution in [0.3, 0.4) is 0 Å². The van der Waals surface area contributed by atoms with Gasteiger partial charge in [0, 0.05) is 12.6 Å². The van der Waals surface area contributed by atoms with Crippen molar-refractivity contribution in [3.05, 3.63) is 42.0 Å². The maximum absolute atomic E-state index is 12.6. The monoisotopic (exact) mass is 396 g/mol. The van der Waals surface area contributed by atoms with Gasteiger partial charge in [-0.25, -0.2) is 16.8 Å². The van der Waals surface area contributed by atoms with Gasteiger partial charge in [0.05, 0.1) is 22.5 Å². The van der Waals surface area contributed by atoms with E-state index in [1.807, 2.05) is 0 Å². The number of sulfonamides is 2. The number of ether oxygens (including phenoxy) is 2. The molecule has 2 aromatic carbocycles. The third-order valence-electron chi connectivity index (χ3n) is 4.25. The molecule has 0 bridgehead atoms. The minimum absolute atomic E-state index is 0.0298. The van der Waals surface area contributed by atoms with Crippen molar-refractivity contribution in [3.63, 3.8) is 0 Å². The Kier molecular flexibility index (Phi) is 3.77. The molecule has 2 aromatic rings. The largest absolute Gasteiger partial charge is 0.454 e. The van der Waals surface area contributed by atoms with Gasteiger partial charge < -0.3 is 9.47 Å². The molecule has 4 rings (SSSR count). The van der Waals surface area contributed by atoms with Crippen molar-refractivity contribution in [2.75, 3.05) is 28.6 Å². The van der Waals surface area contributed by atoms with Gasteiger partial charge in [0.25, 0.3) is 10.0 Å². The fraction of sp³-hybridized carbons (Fsp3) is 0.250. The lowest BCUT2D eigenvalue weighted by Gasteiger charge is -2.17. The molecule has 0 aliphatic carbocycles. The Morgan fingerprint density at radius 1 is 1.00 bits per heavy atom. The summed E-state index contributed by atoms with van der Waals surface area (Å²) in [7, 11) is -7.27. The molecule has 0 radical (unpaired) electrons. The fourth-order valence-corrected chi connectivity index (χ4v) is 5.03. The molecule has 0 saturated carbocycles. The zero-order valence-electron chi connectivity index (χ0n) is 13.8. The fourth-order valence-electron chi connectivity index (χ4n) is 3.02. The molecular weight excluding hydrogens is 380 g/mol. The van der Waals surface area contributed by atoms with E-state index in [2.05, 4.69) is 4.72 Å². The number of anilines is 2. The molecule has 0 saturated heterocycles. The van der Waals surface area contributed by atoms with Gasteiger partial charge in [-0.1, -0.05) is 6.07 Å². The van der Waals surface area contributed by atoms with Gasteiger partial charge in [0.2, 0.25) is 16.8 Å². The summed E-state index contributed by atoms with van der Waals surface area (Å²) < 4.78 is 63.2. The summed E-state index contributed by atoms with van der Waals surface area (Å²) in [5.41, 5.74) is 1.65. The number of hydrogen-bond donors (Lipinski definition) is 1. The van der Waals surface area contributed by atoms with E-state index in [-0.39, 0.29) is 17.4 Å². The van der Waals surface area contributed by atoms with Crippen molar-refractivity contribution in [1.82, 2.24) is 0 Å². The number of hydrogen-bond acceptors (Lipinski definition) is 6. The lowest BCUT2D eigenvalue weighted by atomic mass is 10.1. The van der Waals surface area contributed by atoms with Crippen LogP contribution in [0, 0.1) is 0 Å². The van der Waals surface area contributed by atoms with Crippen LogP contribution >= 0.6 is 0 Å². The molecule has 0 unspecified atom stereocenters. The Hall–Kier alpha value is -2.46. The molecule has 0 aromatic heterocycles. The average molecular weight is 396 g/mol. The lowest BCUT2D eigenvalue weighted by Crippen LogP contribution is -2.27. The lowest BCUT2D eigenvalue weighted by molar-refractivity contribution is 0.174. The van der Waals surface area contributed by atoms with Crippen LogP contribution in [0.15, 0.2) is 41.3 Å². The first-order valence-corrected chi connectivity index (χ1v) is 11.1. The Balaban J connectivity index is 1.65. The smallest absolute Gasteiger partial charge is 0.262 e. The molecule has 0 fully saturated rings. The summed E-state index contributed by atoms with van der Waals surface area (Å²) in [5.74, 6) is 0.857. The number of rotatable bonds is 4. The highest BCUT2D eigenvalue weighted by atomic mass is 32.2. The first-order valence-electron chi connectivity index (χ1n) is 7.77. The molecule has 26 heavy (non-hydrogen) atoms. The molecule has 2 aliphatic rings. The van der Waals surface area contributed by atoms with Crippen LogP contribution in [-0.2, 0) is 26.5 Å². The van der Waals surface area contributed by atoms with Crippen molar-refractivity contribution in [2.24, 2.45) is 0 Å². The zero-order valence-corrected chi connectivity index (χ0v) is 15.4. The SMILES string of the molecule is CS(=O)(=O)N1CCc2ccc(NS(=O)(=O)c3ccc4c(c3)OCO4)cc21. The zero-order chi connectivity index (χ0) is 18.5. The van der Waals surface area contributed by atoms with E-state index in [0.717, 1.165) is 11.8 Å². The van der Waals surface area contributed by atoms with Crippen LogP contribution in [0.2, 0.25) is 0 Å². The van der Waals surface area contributed by atoms with Crippen molar-refractivity contribution in [1.29, 1.82) is 0 Å². The van der Waals surface area contributed by atoms with Crippen LogP contribution in [0.4, 0.5) is 11.4 Å². The van der Waals surface area contributed by atoms with Crippen molar-refractivity contribution in [2.45, 2.75) is 11.3 Å². The summed E-state index contributed by atoms with van der Waals surface area (Å²) in [4.78, 5) is 0.0298. The van der Waals surface area contributed by atoms with Gasteiger partial charge in [0.1, 0.15) is 0 Å². The second-order valence-corrected chi connectivity index (χ2v) is 9.64.